The van der Waals surface area contributed by atoms with Gasteiger partial charge in [-0.25, -0.2) is 0 Å². The molecule has 1 unspecified atom stereocenters. The van der Waals surface area contributed by atoms with Crippen molar-refractivity contribution in [2.75, 3.05) is 0 Å². The van der Waals surface area contributed by atoms with Gasteiger partial charge in [0.2, 0.25) is 0 Å². The summed E-state index contributed by atoms with van der Waals surface area (Å²) in [4.78, 5) is 17.0. The maximum atomic E-state index is 12.7. The van der Waals surface area contributed by atoms with E-state index in [0.29, 0.717) is 26.9 Å². The number of aromatic nitrogens is 1. The lowest BCUT2D eigenvalue weighted by Crippen LogP contribution is -2.30. The van der Waals surface area contributed by atoms with Crippen LogP contribution >= 0.6 is 23.2 Å². The van der Waals surface area contributed by atoms with Crippen molar-refractivity contribution in [1.82, 2.24) is 10.3 Å². The van der Waals surface area contributed by atoms with Crippen molar-refractivity contribution in [3.8, 4) is 6.07 Å². The number of hydrogen-bond acceptors (Lipinski definition) is 3. The number of carbonyl (C=O) groups is 1. The van der Waals surface area contributed by atoms with E-state index in [4.69, 9.17) is 28.5 Å². The Bertz CT molecular complexity index is 918. The lowest BCUT2D eigenvalue weighted by Gasteiger charge is -2.19. The van der Waals surface area contributed by atoms with Crippen LogP contribution in [0.1, 0.15) is 33.2 Å². The normalized spacial score (nSPS) is 11.4. The summed E-state index contributed by atoms with van der Waals surface area (Å²) in [6, 6.07) is 18.7. The monoisotopic (exact) mass is 381 g/mol. The molecule has 128 valence electrons. The molecule has 0 spiro atoms. The van der Waals surface area contributed by atoms with Crippen LogP contribution in [0.5, 0.6) is 0 Å². The van der Waals surface area contributed by atoms with Crippen LogP contribution in [0.3, 0.4) is 0 Å². The molecule has 0 aliphatic rings. The highest BCUT2D eigenvalue weighted by Crippen LogP contribution is 2.24. The zero-order valence-electron chi connectivity index (χ0n) is 13.5. The second kappa shape index (κ2) is 8.01. The summed E-state index contributed by atoms with van der Waals surface area (Å²) in [6.45, 7) is 0. The quantitative estimate of drug-likeness (QED) is 0.706. The van der Waals surface area contributed by atoms with Crippen molar-refractivity contribution in [2.24, 2.45) is 0 Å². The molecule has 2 aromatic carbocycles. The second-order valence-electron chi connectivity index (χ2n) is 5.55. The first kappa shape index (κ1) is 17.9. The van der Waals surface area contributed by atoms with Gasteiger partial charge in [0, 0.05) is 16.8 Å². The van der Waals surface area contributed by atoms with E-state index in [9.17, 15) is 4.79 Å². The molecule has 6 heteroatoms. The van der Waals surface area contributed by atoms with Crippen molar-refractivity contribution in [1.29, 1.82) is 5.26 Å². The molecule has 0 fully saturated rings. The molecule has 0 radical (unpaired) electrons. The zero-order valence-corrected chi connectivity index (χ0v) is 15.0. The van der Waals surface area contributed by atoms with Crippen LogP contribution < -0.4 is 5.32 Å². The van der Waals surface area contributed by atoms with E-state index < -0.39 is 6.04 Å². The standard InChI is InChI=1S/C20H13Cl2N3O/c21-16-6-4-14(5-7-16)19(18-9-8-17(22)12-24-18)25-20(26)15-3-1-2-13(10-15)11-23/h1-10,12,19H,(H,25,26). The Morgan fingerprint density at radius 3 is 2.42 bits per heavy atom. The maximum absolute atomic E-state index is 12.7. The number of amides is 1. The summed E-state index contributed by atoms with van der Waals surface area (Å²) in [5.74, 6) is -0.307. The molecule has 1 amide bonds. The molecule has 4 nitrogen and oxygen atoms in total. The topological polar surface area (TPSA) is 65.8 Å². The Labute approximate surface area is 161 Å². The van der Waals surface area contributed by atoms with Gasteiger partial charge in [0.1, 0.15) is 0 Å². The molecule has 0 saturated carbocycles. The fraction of sp³-hybridized carbons (Fsp3) is 0.0500. The molecule has 26 heavy (non-hydrogen) atoms. The van der Waals surface area contributed by atoms with Gasteiger partial charge >= 0.3 is 0 Å². The Hall–Kier alpha value is -2.87. The predicted octanol–water partition coefficient (Wildman–Crippen LogP) is 4.78. The van der Waals surface area contributed by atoms with Gasteiger partial charge in [0.25, 0.3) is 5.91 Å². The summed E-state index contributed by atoms with van der Waals surface area (Å²) in [5, 5.41) is 13.1. The fourth-order valence-corrected chi connectivity index (χ4v) is 2.72. The lowest BCUT2D eigenvalue weighted by molar-refractivity contribution is 0.0942. The van der Waals surface area contributed by atoms with E-state index >= 15 is 0 Å². The SMILES string of the molecule is N#Cc1cccc(C(=O)NC(c2ccc(Cl)cc2)c2ccc(Cl)cn2)c1. The van der Waals surface area contributed by atoms with Crippen molar-refractivity contribution in [3.63, 3.8) is 0 Å². The third-order valence-electron chi connectivity index (χ3n) is 3.78. The summed E-state index contributed by atoms with van der Waals surface area (Å²) in [7, 11) is 0. The summed E-state index contributed by atoms with van der Waals surface area (Å²) < 4.78 is 0. The highest BCUT2D eigenvalue weighted by molar-refractivity contribution is 6.30. The average molecular weight is 382 g/mol. The fourth-order valence-electron chi connectivity index (χ4n) is 2.49. The minimum absolute atomic E-state index is 0.307. The minimum Gasteiger partial charge on any atom is -0.340 e. The lowest BCUT2D eigenvalue weighted by atomic mass is 10.0. The van der Waals surface area contributed by atoms with Crippen LogP contribution in [0.15, 0.2) is 66.9 Å². The molecule has 0 saturated heterocycles. The highest BCUT2D eigenvalue weighted by atomic mass is 35.5. The largest absolute Gasteiger partial charge is 0.340 e. The first-order chi connectivity index (χ1) is 12.6. The van der Waals surface area contributed by atoms with Crippen LogP contribution in [0.4, 0.5) is 0 Å². The number of nitriles is 1. The summed E-state index contributed by atoms with van der Waals surface area (Å²) in [6.07, 6.45) is 1.53. The molecule has 0 bridgehead atoms. The van der Waals surface area contributed by atoms with Crippen LogP contribution in [-0.2, 0) is 0 Å². The first-order valence-corrected chi connectivity index (χ1v) is 8.50. The van der Waals surface area contributed by atoms with Crippen LogP contribution in [0, 0.1) is 11.3 Å². The maximum Gasteiger partial charge on any atom is 0.252 e. The van der Waals surface area contributed by atoms with E-state index in [1.165, 1.54) is 6.20 Å². The molecule has 1 N–H and O–H groups in total. The van der Waals surface area contributed by atoms with Crippen molar-refractivity contribution in [3.05, 3.63) is 99.3 Å². The van der Waals surface area contributed by atoms with Gasteiger partial charge in [0.05, 0.1) is 28.4 Å². The number of rotatable bonds is 4. The Morgan fingerprint density at radius 2 is 1.77 bits per heavy atom. The van der Waals surface area contributed by atoms with Gasteiger partial charge in [0.15, 0.2) is 0 Å². The van der Waals surface area contributed by atoms with Gasteiger partial charge in [-0.3, -0.25) is 9.78 Å². The number of carbonyl (C=O) groups excluding carboxylic acids is 1. The van der Waals surface area contributed by atoms with Gasteiger partial charge in [-0.2, -0.15) is 5.26 Å². The molecular formula is C20H13Cl2N3O. The van der Waals surface area contributed by atoms with E-state index in [1.54, 1.807) is 48.5 Å². The number of halogens is 2. The van der Waals surface area contributed by atoms with E-state index in [1.807, 2.05) is 18.2 Å². The number of nitrogens with one attached hydrogen (secondary N) is 1. The third kappa shape index (κ3) is 4.20. The molecular weight excluding hydrogens is 369 g/mol. The number of nitrogens with zero attached hydrogens (tertiary/aromatic N) is 2. The first-order valence-electron chi connectivity index (χ1n) is 7.75. The second-order valence-corrected chi connectivity index (χ2v) is 6.42. The van der Waals surface area contributed by atoms with Crippen molar-refractivity contribution < 1.29 is 4.79 Å². The molecule has 1 aromatic heterocycles. The van der Waals surface area contributed by atoms with E-state index in [2.05, 4.69) is 10.3 Å². The van der Waals surface area contributed by atoms with Crippen LogP contribution in [0.2, 0.25) is 10.0 Å². The molecule has 0 aliphatic heterocycles. The van der Waals surface area contributed by atoms with Gasteiger partial charge in [-0.05, 0) is 48.0 Å². The summed E-state index contributed by atoms with van der Waals surface area (Å²) in [5.41, 5.74) is 2.29. The molecule has 1 atom stereocenters. The third-order valence-corrected chi connectivity index (χ3v) is 4.25. The smallest absolute Gasteiger partial charge is 0.252 e. The van der Waals surface area contributed by atoms with Crippen LogP contribution in [-0.4, -0.2) is 10.9 Å². The summed E-state index contributed by atoms with van der Waals surface area (Å²) >= 11 is 11.9. The average Bonchev–Trinajstić information content (AvgIpc) is 2.67. The van der Waals surface area contributed by atoms with Crippen LogP contribution in [0.25, 0.3) is 0 Å². The van der Waals surface area contributed by atoms with Gasteiger partial charge < -0.3 is 5.32 Å². The minimum atomic E-state index is -0.484. The predicted molar refractivity (Wildman–Crippen MR) is 101 cm³/mol. The van der Waals surface area contributed by atoms with E-state index in [0.717, 1.165) is 5.56 Å². The Morgan fingerprint density at radius 1 is 1.04 bits per heavy atom. The van der Waals surface area contributed by atoms with Gasteiger partial charge in [-0.1, -0.05) is 41.4 Å². The van der Waals surface area contributed by atoms with Gasteiger partial charge in [-0.15, -0.1) is 0 Å². The molecule has 1 heterocycles. The number of pyridine rings is 1. The Kier molecular flexibility index (Phi) is 5.52. The van der Waals surface area contributed by atoms with E-state index in [-0.39, 0.29) is 5.91 Å². The number of benzene rings is 2. The molecule has 3 rings (SSSR count). The molecule has 3 aromatic rings. The zero-order chi connectivity index (χ0) is 18.5. The molecule has 0 aliphatic carbocycles. The Balaban J connectivity index is 1.95. The van der Waals surface area contributed by atoms with Crippen molar-refractivity contribution >= 4 is 29.1 Å². The highest BCUT2D eigenvalue weighted by Gasteiger charge is 2.19. The number of hydrogen-bond donors (Lipinski definition) is 1. The van der Waals surface area contributed by atoms with Crippen molar-refractivity contribution in [2.45, 2.75) is 6.04 Å².